The van der Waals surface area contributed by atoms with Gasteiger partial charge >= 0.3 is 0 Å². The minimum absolute atomic E-state index is 0.0389. The zero-order valence-corrected chi connectivity index (χ0v) is 15.6. The van der Waals surface area contributed by atoms with Crippen LogP contribution in [0, 0.1) is 0 Å². The molecule has 0 unspecified atom stereocenters. The van der Waals surface area contributed by atoms with Gasteiger partial charge in [-0.2, -0.15) is 9.61 Å². The van der Waals surface area contributed by atoms with Crippen LogP contribution < -0.4 is 10.2 Å². The predicted octanol–water partition coefficient (Wildman–Crippen LogP) is 3.24. The fraction of sp³-hybridized carbons (Fsp3) is 0.421. The molecule has 0 spiro atoms. The Morgan fingerprint density at radius 2 is 2.14 bits per heavy atom. The van der Waals surface area contributed by atoms with E-state index in [1.807, 2.05) is 6.92 Å². The Labute approximate surface area is 161 Å². The first kappa shape index (κ1) is 18.4. The van der Waals surface area contributed by atoms with Gasteiger partial charge in [-0.05, 0) is 18.4 Å². The van der Waals surface area contributed by atoms with E-state index in [1.165, 1.54) is 6.07 Å². The van der Waals surface area contributed by atoms with Crippen molar-refractivity contribution in [1.29, 1.82) is 0 Å². The zero-order chi connectivity index (χ0) is 19.7. The fourth-order valence-corrected chi connectivity index (χ4v) is 3.41. The SMILES string of the molecule is CCc1cnn2c(NCc3ccc(O)nc3)cc(N3CCCC(F)(F)C3)nc12. The first-order valence-electron chi connectivity index (χ1n) is 9.33. The summed E-state index contributed by atoms with van der Waals surface area (Å²) in [4.78, 5) is 10.1. The number of hydrogen-bond acceptors (Lipinski definition) is 6. The van der Waals surface area contributed by atoms with Crippen molar-refractivity contribution in [2.75, 3.05) is 23.3 Å². The highest BCUT2D eigenvalue weighted by atomic mass is 19.3. The van der Waals surface area contributed by atoms with Gasteiger partial charge in [-0.1, -0.05) is 13.0 Å². The van der Waals surface area contributed by atoms with Gasteiger partial charge in [0, 0.05) is 43.4 Å². The zero-order valence-electron chi connectivity index (χ0n) is 15.6. The molecular weight excluding hydrogens is 366 g/mol. The van der Waals surface area contributed by atoms with Crippen LogP contribution in [0.5, 0.6) is 5.88 Å². The van der Waals surface area contributed by atoms with Gasteiger partial charge in [0.15, 0.2) is 5.65 Å². The third-order valence-electron chi connectivity index (χ3n) is 4.91. The van der Waals surface area contributed by atoms with Crippen molar-refractivity contribution in [3.63, 3.8) is 0 Å². The van der Waals surface area contributed by atoms with Crippen LogP contribution in [0.3, 0.4) is 0 Å². The lowest BCUT2D eigenvalue weighted by Gasteiger charge is -2.33. The van der Waals surface area contributed by atoms with Crippen molar-refractivity contribution in [1.82, 2.24) is 19.6 Å². The molecule has 0 radical (unpaired) electrons. The van der Waals surface area contributed by atoms with Crippen LogP contribution in [0.4, 0.5) is 20.4 Å². The van der Waals surface area contributed by atoms with Crippen molar-refractivity contribution in [3.05, 3.63) is 41.7 Å². The second kappa shape index (κ2) is 7.21. The number of aryl methyl sites for hydroxylation is 1. The molecule has 1 aliphatic heterocycles. The number of halogens is 2. The highest BCUT2D eigenvalue weighted by molar-refractivity contribution is 5.61. The third-order valence-corrected chi connectivity index (χ3v) is 4.91. The van der Waals surface area contributed by atoms with Crippen molar-refractivity contribution in [3.8, 4) is 5.88 Å². The van der Waals surface area contributed by atoms with Gasteiger partial charge in [0.25, 0.3) is 5.92 Å². The Morgan fingerprint density at radius 1 is 1.29 bits per heavy atom. The third kappa shape index (κ3) is 3.69. The van der Waals surface area contributed by atoms with E-state index >= 15 is 0 Å². The molecule has 9 heteroatoms. The summed E-state index contributed by atoms with van der Waals surface area (Å²) in [6.07, 6.45) is 4.42. The molecular formula is C19H22F2N6O. The largest absolute Gasteiger partial charge is 0.493 e. The Hall–Kier alpha value is -2.97. The van der Waals surface area contributed by atoms with Crippen molar-refractivity contribution in [2.24, 2.45) is 0 Å². The van der Waals surface area contributed by atoms with Crippen LogP contribution in [0.1, 0.15) is 30.9 Å². The van der Waals surface area contributed by atoms with E-state index in [2.05, 4.69) is 20.4 Å². The summed E-state index contributed by atoms with van der Waals surface area (Å²) in [5, 5.41) is 17.0. The van der Waals surface area contributed by atoms with E-state index in [4.69, 9.17) is 0 Å². The van der Waals surface area contributed by atoms with Crippen LogP contribution in [0.2, 0.25) is 0 Å². The molecule has 3 aromatic heterocycles. The highest BCUT2D eigenvalue weighted by Gasteiger charge is 2.36. The van der Waals surface area contributed by atoms with E-state index in [9.17, 15) is 13.9 Å². The summed E-state index contributed by atoms with van der Waals surface area (Å²) in [6, 6.07) is 5.04. The molecule has 0 bridgehead atoms. The van der Waals surface area contributed by atoms with Gasteiger partial charge in [-0.25, -0.2) is 18.7 Å². The average molecular weight is 388 g/mol. The lowest BCUT2D eigenvalue weighted by Crippen LogP contribution is -2.43. The quantitative estimate of drug-likeness (QED) is 0.699. The number of fused-ring (bicyclic) bond motifs is 1. The van der Waals surface area contributed by atoms with Gasteiger partial charge in [-0.15, -0.1) is 0 Å². The van der Waals surface area contributed by atoms with E-state index in [0.717, 1.165) is 17.5 Å². The number of piperidine rings is 1. The molecule has 1 fully saturated rings. The Morgan fingerprint density at radius 3 is 2.86 bits per heavy atom. The summed E-state index contributed by atoms with van der Waals surface area (Å²) in [5.74, 6) is -1.55. The number of rotatable bonds is 5. The van der Waals surface area contributed by atoms with Crippen LogP contribution in [0.25, 0.3) is 5.65 Å². The second-order valence-corrected chi connectivity index (χ2v) is 7.02. The number of hydrogen-bond donors (Lipinski definition) is 2. The minimum Gasteiger partial charge on any atom is -0.493 e. The van der Waals surface area contributed by atoms with Crippen molar-refractivity contribution in [2.45, 2.75) is 38.7 Å². The van der Waals surface area contributed by atoms with Crippen LogP contribution in [0.15, 0.2) is 30.6 Å². The molecule has 0 atom stereocenters. The Balaban J connectivity index is 1.67. The molecule has 0 amide bonds. The van der Waals surface area contributed by atoms with Crippen molar-refractivity contribution >= 4 is 17.3 Å². The molecule has 7 nitrogen and oxygen atoms in total. The molecule has 4 heterocycles. The molecule has 1 saturated heterocycles. The molecule has 0 aromatic carbocycles. The van der Waals surface area contributed by atoms with Gasteiger partial charge < -0.3 is 15.3 Å². The van der Waals surface area contributed by atoms with Crippen LogP contribution >= 0.6 is 0 Å². The van der Waals surface area contributed by atoms with Gasteiger partial charge in [0.05, 0.1) is 12.7 Å². The Bertz CT molecular complexity index is 972. The van der Waals surface area contributed by atoms with E-state index in [0.29, 0.717) is 36.8 Å². The Kier molecular flexibility index (Phi) is 4.74. The molecule has 3 aromatic rings. The number of aromatic nitrogens is 4. The molecule has 4 rings (SSSR count). The van der Waals surface area contributed by atoms with Crippen LogP contribution in [-0.4, -0.2) is 43.7 Å². The summed E-state index contributed by atoms with van der Waals surface area (Å²) in [6.45, 7) is 2.68. The van der Waals surface area contributed by atoms with Gasteiger partial charge in [-0.3, -0.25) is 0 Å². The van der Waals surface area contributed by atoms with E-state index in [1.54, 1.807) is 33.9 Å². The van der Waals surface area contributed by atoms with E-state index < -0.39 is 5.92 Å². The summed E-state index contributed by atoms with van der Waals surface area (Å²) in [7, 11) is 0. The predicted molar refractivity (Wildman–Crippen MR) is 102 cm³/mol. The first-order chi connectivity index (χ1) is 13.4. The number of nitrogens with zero attached hydrogens (tertiary/aromatic N) is 5. The summed E-state index contributed by atoms with van der Waals surface area (Å²) >= 11 is 0. The summed E-state index contributed by atoms with van der Waals surface area (Å²) in [5.41, 5.74) is 2.50. The molecule has 2 N–H and O–H groups in total. The average Bonchev–Trinajstić information content (AvgIpc) is 3.09. The maximum atomic E-state index is 13.9. The number of alkyl halides is 2. The first-order valence-corrected chi connectivity index (χ1v) is 9.33. The molecule has 1 aliphatic rings. The van der Waals surface area contributed by atoms with Gasteiger partial charge in [0.2, 0.25) is 5.88 Å². The smallest absolute Gasteiger partial charge is 0.265 e. The normalized spacial score (nSPS) is 16.5. The lowest BCUT2D eigenvalue weighted by atomic mass is 10.1. The number of pyridine rings is 1. The number of aromatic hydroxyl groups is 1. The van der Waals surface area contributed by atoms with E-state index in [-0.39, 0.29) is 18.8 Å². The molecule has 148 valence electrons. The lowest BCUT2D eigenvalue weighted by molar-refractivity contribution is -0.0118. The maximum Gasteiger partial charge on any atom is 0.265 e. The number of anilines is 2. The minimum atomic E-state index is -2.70. The molecule has 28 heavy (non-hydrogen) atoms. The second-order valence-electron chi connectivity index (χ2n) is 7.02. The number of nitrogens with one attached hydrogen (secondary N) is 1. The standard InChI is InChI=1S/C19H22F2N6O/c1-2-14-11-24-27-15(22-9-13-4-5-17(28)23-10-13)8-16(25-18(14)27)26-7-3-6-19(20,21)12-26/h4-5,8,10-11,22H,2-3,6-7,9,12H2,1H3,(H,23,28). The van der Waals surface area contributed by atoms with Crippen molar-refractivity contribution < 1.29 is 13.9 Å². The molecule has 0 saturated carbocycles. The fourth-order valence-electron chi connectivity index (χ4n) is 3.41. The topological polar surface area (TPSA) is 78.6 Å². The van der Waals surface area contributed by atoms with Crippen LogP contribution in [-0.2, 0) is 13.0 Å². The summed E-state index contributed by atoms with van der Waals surface area (Å²) < 4.78 is 29.5. The molecule has 0 aliphatic carbocycles. The maximum absolute atomic E-state index is 13.9. The monoisotopic (exact) mass is 388 g/mol. The highest BCUT2D eigenvalue weighted by Crippen LogP contribution is 2.31. The van der Waals surface area contributed by atoms with Gasteiger partial charge in [0.1, 0.15) is 11.6 Å².